The molecule has 2 amide bonds. The van der Waals surface area contributed by atoms with Crippen LogP contribution in [0.1, 0.15) is 58.3 Å². The Morgan fingerprint density at radius 2 is 1.67 bits per heavy atom. The number of hydrogen-bond donors (Lipinski definition) is 2. The number of fused-ring (bicyclic) bond motifs is 2. The number of hydrogen-bond acceptors (Lipinski definition) is 6. The van der Waals surface area contributed by atoms with Crippen molar-refractivity contribution >= 4 is 23.4 Å². The number of ether oxygens (including phenoxy) is 4. The van der Waals surface area contributed by atoms with Gasteiger partial charge < -0.3 is 20.1 Å². The molecule has 2 saturated heterocycles. The molecule has 5 saturated carbocycles. The summed E-state index contributed by atoms with van der Waals surface area (Å²) in [7, 11) is 0. The Hall–Kier alpha value is -1.14. The summed E-state index contributed by atoms with van der Waals surface area (Å²) < 4.78 is 61.8. The van der Waals surface area contributed by atoms with E-state index in [1.807, 2.05) is 6.92 Å². The molecular weight excluding hydrogens is 505 g/mol. The van der Waals surface area contributed by atoms with E-state index in [0.717, 1.165) is 0 Å². The van der Waals surface area contributed by atoms with Crippen molar-refractivity contribution < 1.29 is 41.7 Å². The molecule has 2 bridgehead atoms. The zero-order valence-electron chi connectivity index (χ0n) is 20.1. The van der Waals surface area contributed by atoms with Crippen molar-refractivity contribution in [3.8, 4) is 0 Å². The van der Waals surface area contributed by atoms with Gasteiger partial charge in [0.05, 0.1) is 41.8 Å². The molecule has 8 nitrogen and oxygen atoms in total. The van der Waals surface area contributed by atoms with Gasteiger partial charge in [-0.3, -0.25) is 19.1 Å². The highest BCUT2D eigenvalue weighted by Crippen LogP contribution is 2.61. The molecule has 202 valence electrons. The standard InChI is InChI=1S/C24H32ClF3N2O6/c1-21(11-34-16-6-18-17(5-13(16)21)35-24(27,28)36-18)20(32)30-23-8-22(9-23,10-23)29-19(31)7-33-12-2-3-14(25)15(26)4-12/h12-18H,2-11H2,1H3,(H,29,31)(H,30,32)/t12?,13?,14?,15?,16?,17?,18?,21-,22?,23?/m0/s1. The second-order valence-electron chi connectivity index (χ2n) is 12.0. The highest BCUT2D eigenvalue weighted by molar-refractivity contribution is 6.21. The van der Waals surface area contributed by atoms with Gasteiger partial charge in [-0.15, -0.1) is 20.4 Å². The molecule has 12 heteroatoms. The van der Waals surface area contributed by atoms with Crippen molar-refractivity contribution in [2.45, 2.75) is 112 Å². The number of rotatable bonds is 6. The van der Waals surface area contributed by atoms with Crippen LogP contribution in [-0.4, -0.2) is 78.4 Å². The van der Waals surface area contributed by atoms with Crippen LogP contribution < -0.4 is 10.6 Å². The maximum atomic E-state index is 13.8. The van der Waals surface area contributed by atoms with E-state index in [2.05, 4.69) is 10.6 Å². The topological polar surface area (TPSA) is 95.1 Å². The smallest absolute Gasteiger partial charge is 0.377 e. The fraction of sp³-hybridized carbons (Fsp3) is 0.917. The molecule has 7 fully saturated rings. The van der Waals surface area contributed by atoms with Crippen molar-refractivity contribution in [3.63, 3.8) is 0 Å². The summed E-state index contributed by atoms with van der Waals surface area (Å²) in [5.74, 6) is -0.644. The highest BCUT2D eigenvalue weighted by Gasteiger charge is 2.70. The third-order valence-electron chi connectivity index (χ3n) is 9.23. The largest absolute Gasteiger partial charge is 0.486 e. The number of amides is 2. The number of carbonyl (C=O) groups is 2. The van der Waals surface area contributed by atoms with Crippen LogP contribution in [0.5, 0.6) is 0 Å². The van der Waals surface area contributed by atoms with E-state index in [-0.39, 0.29) is 73.5 Å². The lowest BCUT2D eigenvalue weighted by atomic mass is 9.44. The van der Waals surface area contributed by atoms with Gasteiger partial charge in [0.25, 0.3) is 0 Å². The van der Waals surface area contributed by atoms with E-state index in [9.17, 15) is 22.8 Å². The number of nitrogens with one attached hydrogen (secondary N) is 2. The van der Waals surface area contributed by atoms with E-state index >= 15 is 0 Å². The van der Waals surface area contributed by atoms with E-state index in [4.69, 9.17) is 30.5 Å². The third kappa shape index (κ3) is 4.22. The van der Waals surface area contributed by atoms with Crippen molar-refractivity contribution in [1.82, 2.24) is 10.6 Å². The first-order chi connectivity index (χ1) is 16.9. The summed E-state index contributed by atoms with van der Waals surface area (Å²) in [5.41, 5.74) is -1.57. The fourth-order valence-electron chi connectivity index (χ4n) is 7.36. The predicted molar refractivity (Wildman–Crippen MR) is 119 cm³/mol. The SMILES string of the molecule is C[C@]1(C(=O)NC23CC(NC(=O)COC4CCC(Cl)C(F)C4)(C2)C3)COC2CC3OC(F)(F)OC3CC21. The highest BCUT2D eigenvalue weighted by atomic mass is 35.5. The zero-order valence-corrected chi connectivity index (χ0v) is 20.8. The molecule has 7 rings (SSSR count). The van der Waals surface area contributed by atoms with Crippen LogP contribution in [0.15, 0.2) is 0 Å². The van der Waals surface area contributed by atoms with E-state index in [1.165, 1.54) is 0 Å². The minimum absolute atomic E-state index is 0.128. The molecule has 0 aromatic carbocycles. The van der Waals surface area contributed by atoms with Crippen LogP contribution >= 0.6 is 11.6 Å². The van der Waals surface area contributed by atoms with Crippen molar-refractivity contribution in [3.05, 3.63) is 0 Å². The third-order valence-corrected chi connectivity index (χ3v) is 9.73. The normalized spacial score (nSPS) is 50.3. The number of carbonyl (C=O) groups excluding carboxylic acids is 2. The van der Waals surface area contributed by atoms with Crippen LogP contribution in [0.4, 0.5) is 13.2 Å². The van der Waals surface area contributed by atoms with Gasteiger partial charge >= 0.3 is 6.29 Å². The molecule has 2 N–H and O–H groups in total. The lowest BCUT2D eigenvalue weighted by molar-refractivity contribution is -0.351. The first kappa shape index (κ1) is 25.2. The van der Waals surface area contributed by atoms with Crippen LogP contribution in [0.3, 0.4) is 0 Å². The Bertz CT molecular complexity index is 922. The average Bonchev–Trinajstić information content (AvgIpc) is 3.25. The van der Waals surface area contributed by atoms with Crippen molar-refractivity contribution in [2.24, 2.45) is 11.3 Å². The molecule has 2 heterocycles. The molecule has 7 unspecified atom stereocenters. The first-order valence-electron chi connectivity index (χ1n) is 12.8. The monoisotopic (exact) mass is 536 g/mol. The lowest BCUT2D eigenvalue weighted by Gasteiger charge is -2.70. The van der Waals surface area contributed by atoms with Gasteiger partial charge in [-0.2, -0.15) is 0 Å². The van der Waals surface area contributed by atoms with Crippen LogP contribution in [-0.2, 0) is 28.5 Å². The van der Waals surface area contributed by atoms with Crippen molar-refractivity contribution in [2.75, 3.05) is 13.2 Å². The van der Waals surface area contributed by atoms with Gasteiger partial charge in [-0.05, 0) is 45.4 Å². The van der Waals surface area contributed by atoms with Gasteiger partial charge in [0.15, 0.2) is 0 Å². The average molecular weight is 537 g/mol. The summed E-state index contributed by atoms with van der Waals surface area (Å²) in [4.78, 5) is 25.8. The van der Waals surface area contributed by atoms with Crippen LogP contribution in [0.2, 0.25) is 0 Å². The van der Waals surface area contributed by atoms with E-state index in [1.54, 1.807) is 0 Å². The van der Waals surface area contributed by atoms with Gasteiger partial charge in [-0.1, -0.05) is 0 Å². The molecule has 0 aromatic heterocycles. The summed E-state index contributed by atoms with van der Waals surface area (Å²) in [6.07, 6.45) is -3.05. The summed E-state index contributed by atoms with van der Waals surface area (Å²) >= 11 is 5.89. The number of alkyl halides is 4. The summed E-state index contributed by atoms with van der Waals surface area (Å²) in [5, 5.41) is 5.69. The van der Waals surface area contributed by atoms with E-state index in [0.29, 0.717) is 32.1 Å². The molecule has 0 radical (unpaired) electrons. The molecule has 8 atom stereocenters. The fourth-order valence-corrected chi connectivity index (χ4v) is 7.59. The summed E-state index contributed by atoms with van der Waals surface area (Å²) in [6.45, 7) is 1.91. The molecule has 7 aliphatic rings. The van der Waals surface area contributed by atoms with E-state index < -0.39 is 35.5 Å². The Balaban J connectivity index is 0.975. The van der Waals surface area contributed by atoms with Crippen LogP contribution in [0.25, 0.3) is 0 Å². The second-order valence-corrected chi connectivity index (χ2v) is 12.6. The lowest BCUT2D eigenvalue weighted by Crippen LogP contribution is -2.84. The molecule has 5 aliphatic carbocycles. The minimum atomic E-state index is -3.60. The second kappa shape index (κ2) is 8.43. The minimum Gasteiger partial charge on any atom is -0.377 e. The van der Waals surface area contributed by atoms with Gasteiger partial charge in [-0.25, -0.2) is 4.39 Å². The van der Waals surface area contributed by atoms with Gasteiger partial charge in [0.1, 0.15) is 12.8 Å². The van der Waals surface area contributed by atoms with Crippen molar-refractivity contribution in [1.29, 1.82) is 0 Å². The van der Waals surface area contributed by atoms with Gasteiger partial charge in [0, 0.05) is 29.8 Å². The Kier molecular flexibility index (Phi) is 5.89. The molecule has 36 heavy (non-hydrogen) atoms. The Morgan fingerprint density at radius 3 is 2.36 bits per heavy atom. The van der Waals surface area contributed by atoms with Gasteiger partial charge in [0.2, 0.25) is 11.8 Å². The number of halogens is 4. The Morgan fingerprint density at radius 1 is 1.00 bits per heavy atom. The zero-order chi connectivity index (χ0) is 25.5. The summed E-state index contributed by atoms with van der Waals surface area (Å²) in [6, 6.07) is 0. The molecular formula is C24H32ClF3N2O6. The maximum Gasteiger partial charge on any atom is 0.486 e. The molecule has 0 aromatic rings. The molecule has 2 aliphatic heterocycles. The Labute approximate surface area is 212 Å². The predicted octanol–water partition coefficient (Wildman–Crippen LogP) is 2.56. The quantitative estimate of drug-likeness (QED) is 0.507. The first-order valence-corrected chi connectivity index (χ1v) is 13.2. The van der Waals surface area contributed by atoms with Crippen LogP contribution in [0, 0.1) is 11.3 Å². The molecule has 0 spiro atoms. The maximum absolute atomic E-state index is 13.8.